The molecule has 8 heteroatoms. The molecule has 0 heterocycles. The third-order valence-corrected chi connectivity index (χ3v) is 3.74. The highest BCUT2D eigenvalue weighted by Gasteiger charge is 2.13. The summed E-state index contributed by atoms with van der Waals surface area (Å²) in [5, 5.41) is 5.18. The minimum Gasteiger partial charge on any atom is -0.325 e. The van der Waals surface area contributed by atoms with Crippen molar-refractivity contribution in [2.45, 2.75) is 26.7 Å². The third-order valence-electron chi connectivity index (χ3n) is 2.42. The van der Waals surface area contributed by atoms with E-state index in [-0.39, 0.29) is 24.4 Å². The van der Waals surface area contributed by atoms with Gasteiger partial charge in [0.05, 0.1) is 24.2 Å². The number of hydrogen-bond donors (Lipinski definition) is 2. The fraction of sp³-hybridized carbons (Fsp3) is 0.286. The molecule has 0 bridgehead atoms. The van der Waals surface area contributed by atoms with E-state index in [1.165, 1.54) is 13.8 Å². The average molecular weight is 434 g/mol. The Morgan fingerprint density at radius 2 is 1.14 bits per heavy atom. The van der Waals surface area contributed by atoms with Crippen molar-refractivity contribution in [3.05, 3.63) is 21.1 Å². The molecule has 0 fully saturated rings. The molecule has 2 amide bonds. The molecule has 0 aliphatic rings. The summed E-state index contributed by atoms with van der Waals surface area (Å²) in [7, 11) is 0. The molecule has 0 aliphatic carbocycles. The molecule has 0 aromatic heterocycles. The van der Waals surface area contributed by atoms with Crippen LogP contribution in [0.2, 0.25) is 0 Å². The number of amides is 2. The molecular weight excluding hydrogens is 420 g/mol. The summed E-state index contributed by atoms with van der Waals surface area (Å²) in [5.41, 5.74) is 0.922. The molecular formula is C14H14Br2N2O4. The van der Waals surface area contributed by atoms with Crippen LogP contribution in [-0.4, -0.2) is 23.4 Å². The molecule has 1 aromatic carbocycles. The van der Waals surface area contributed by atoms with Gasteiger partial charge in [0.15, 0.2) is 0 Å². The van der Waals surface area contributed by atoms with Gasteiger partial charge in [-0.15, -0.1) is 0 Å². The standard InChI is InChI=1S/C14H14Br2N2O4/c1-7(19)3-13(21)17-11-5-10(16)12(6-9(11)15)18-14(22)4-8(2)20/h5-6H,3-4H2,1-2H3,(H,17,21)(H,18,22). The quantitative estimate of drug-likeness (QED) is 0.674. The van der Waals surface area contributed by atoms with Crippen molar-refractivity contribution in [3.63, 3.8) is 0 Å². The number of rotatable bonds is 6. The number of Topliss-reactive ketones (excluding diaryl/α,β-unsaturated/α-hetero) is 2. The van der Waals surface area contributed by atoms with Crippen LogP contribution in [0.3, 0.4) is 0 Å². The molecule has 0 atom stereocenters. The average Bonchev–Trinajstić information content (AvgIpc) is 2.33. The molecule has 0 unspecified atom stereocenters. The first kappa shape index (κ1) is 18.5. The Morgan fingerprint density at radius 3 is 1.41 bits per heavy atom. The first-order valence-corrected chi connectivity index (χ1v) is 7.85. The van der Waals surface area contributed by atoms with E-state index in [4.69, 9.17) is 0 Å². The van der Waals surface area contributed by atoms with Crippen LogP contribution < -0.4 is 10.6 Å². The molecule has 0 radical (unpaired) electrons. The first-order chi connectivity index (χ1) is 10.2. The van der Waals surface area contributed by atoms with Crippen LogP contribution in [0.1, 0.15) is 26.7 Å². The maximum atomic E-state index is 11.6. The lowest BCUT2D eigenvalue weighted by Crippen LogP contribution is -2.16. The lowest BCUT2D eigenvalue weighted by molar-refractivity contribution is -0.125. The van der Waals surface area contributed by atoms with Crippen LogP contribution in [0.4, 0.5) is 11.4 Å². The number of carbonyl (C=O) groups is 4. The third kappa shape index (κ3) is 6.07. The number of anilines is 2. The summed E-state index contributed by atoms with van der Waals surface area (Å²) in [6.45, 7) is 2.66. The molecule has 2 N–H and O–H groups in total. The first-order valence-electron chi connectivity index (χ1n) is 6.26. The number of hydrogen-bond acceptors (Lipinski definition) is 4. The Hall–Kier alpha value is -1.54. The minimum atomic E-state index is -0.423. The van der Waals surface area contributed by atoms with Crippen molar-refractivity contribution in [1.82, 2.24) is 0 Å². The van der Waals surface area contributed by atoms with Gasteiger partial charge < -0.3 is 10.6 Å². The molecule has 6 nitrogen and oxygen atoms in total. The summed E-state index contributed by atoms with van der Waals surface area (Å²) in [6, 6.07) is 3.18. The number of halogens is 2. The smallest absolute Gasteiger partial charge is 0.231 e. The van der Waals surface area contributed by atoms with Gasteiger partial charge in [-0.2, -0.15) is 0 Å². The zero-order chi connectivity index (χ0) is 16.9. The molecule has 0 spiro atoms. The molecule has 118 valence electrons. The SMILES string of the molecule is CC(=O)CC(=O)Nc1cc(Br)c(NC(=O)CC(C)=O)cc1Br. The summed E-state index contributed by atoms with van der Waals surface area (Å²) in [4.78, 5) is 45.0. The van der Waals surface area contributed by atoms with E-state index in [9.17, 15) is 19.2 Å². The summed E-state index contributed by atoms with van der Waals surface area (Å²) >= 11 is 6.56. The van der Waals surface area contributed by atoms with Gasteiger partial charge in [-0.1, -0.05) is 0 Å². The van der Waals surface area contributed by atoms with Crippen LogP contribution in [0.15, 0.2) is 21.1 Å². The van der Waals surface area contributed by atoms with Crippen molar-refractivity contribution in [1.29, 1.82) is 0 Å². The number of benzene rings is 1. The van der Waals surface area contributed by atoms with Crippen molar-refractivity contribution in [3.8, 4) is 0 Å². The molecule has 0 aliphatic heterocycles. The van der Waals surface area contributed by atoms with Gasteiger partial charge in [0, 0.05) is 8.95 Å². The monoisotopic (exact) mass is 432 g/mol. The van der Waals surface area contributed by atoms with E-state index in [0.717, 1.165) is 0 Å². The van der Waals surface area contributed by atoms with Crippen LogP contribution >= 0.6 is 31.9 Å². The van der Waals surface area contributed by atoms with Crippen LogP contribution in [0, 0.1) is 0 Å². The Kier molecular flexibility index (Phi) is 6.89. The normalized spacial score (nSPS) is 10.0. The highest BCUT2D eigenvalue weighted by atomic mass is 79.9. The fourth-order valence-corrected chi connectivity index (χ4v) is 2.46. The Labute approximate surface area is 144 Å². The van der Waals surface area contributed by atoms with Gasteiger partial charge in [0.25, 0.3) is 0 Å². The van der Waals surface area contributed by atoms with Gasteiger partial charge in [-0.3, -0.25) is 19.2 Å². The molecule has 1 rings (SSSR count). The van der Waals surface area contributed by atoms with Crippen molar-refractivity contribution < 1.29 is 19.2 Å². The van der Waals surface area contributed by atoms with Crippen molar-refractivity contribution >= 4 is 66.6 Å². The Bertz CT molecular complexity index is 588. The van der Waals surface area contributed by atoms with E-state index < -0.39 is 11.8 Å². The maximum absolute atomic E-state index is 11.6. The maximum Gasteiger partial charge on any atom is 0.231 e. The van der Waals surface area contributed by atoms with Gasteiger partial charge in [0.2, 0.25) is 11.8 Å². The number of ketones is 2. The van der Waals surface area contributed by atoms with Gasteiger partial charge >= 0.3 is 0 Å². The zero-order valence-electron chi connectivity index (χ0n) is 12.0. The second kappa shape index (κ2) is 8.19. The Morgan fingerprint density at radius 1 is 0.818 bits per heavy atom. The zero-order valence-corrected chi connectivity index (χ0v) is 15.1. The van der Waals surface area contributed by atoms with E-state index in [0.29, 0.717) is 20.3 Å². The summed E-state index contributed by atoms with van der Waals surface area (Å²) in [5.74, 6) is -1.32. The highest BCUT2D eigenvalue weighted by molar-refractivity contribution is 9.11. The largest absolute Gasteiger partial charge is 0.325 e. The van der Waals surface area contributed by atoms with E-state index in [1.54, 1.807) is 12.1 Å². The highest BCUT2D eigenvalue weighted by Crippen LogP contribution is 2.33. The van der Waals surface area contributed by atoms with Crippen LogP contribution in [0.25, 0.3) is 0 Å². The van der Waals surface area contributed by atoms with Gasteiger partial charge in [-0.25, -0.2) is 0 Å². The summed E-state index contributed by atoms with van der Waals surface area (Å²) < 4.78 is 1.07. The topological polar surface area (TPSA) is 92.3 Å². The van der Waals surface area contributed by atoms with Gasteiger partial charge in [-0.05, 0) is 57.8 Å². The molecule has 0 saturated carbocycles. The second-order valence-electron chi connectivity index (χ2n) is 4.67. The van der Waals surface area contributed by atoms with Crippen molar-refractivity contribution in [2.24, 2.45) is 0 Å². The predicted octanol–water partition coefficient (Wildman–Crippen LogP) is 3.05. The molecule has 1 aromatic rings. The number of nitrogens with one attached hydrogen (secondary N) is 2. The number of carbonyl (C=O) groups excluding carboxylic acids is 4. The van der Waals surface area contributed by atoms with Crippen molar-refractivity contribution in [2.75, 3.05) is 10.6 Å². The van der Waals surface area contributed by atoms with E-state index in [2.05, 4.69) is 42.5 Å². The van der Waals surface area contributed by atoms with Crippen LogP contribution in [-0.2, 0) is 19.2 Å². The van der Waals surface area contributed by atoms with E-state index >= 15 is 0 Å². The summed E-state index contributed by atoms with van der Waals surface area (Å²) in [6.07, 6.45) is -0.414. The fourth-order valence-electron chi connectivity index (χ4n) is 1.58. The molecule has 22 heavy (non-hydrogen) atoms. The Balaban J connectivity index is 2.87. The lowest BCUT2D eigenvalue weighted by Gasteiger charge is -2.12. The van der Waals surface area contributed by atoms with E-state index in [1.807, 2.05) is 0 Å². The minimum absolute atomic E-state index is 0.207. The van der Waals surface area contributed by atoms with Gasteiger partial charge in [0.1, 0.15) is 11.6 Å². The van der Waals surface area contributed by atoms with Crippen LogP contribution in [0.5, 0.6) is 0 Å². The second-order valence-corrected chi connectivity index (χ2v) is 6.37. The molecule has 0 saturated heterocycles. The predicted molar refractivity (Wildman–Crippen MR) is 89.7 cm³/mol. The lowest BCUT2D eigenvalue weighted by atomic mass is 10.2.